The highest BCUT2D eigenvalue weighted by atomic mass is 16.3. The van der Waals surface area contributed by atoms with E-state index < -0.39 is 0 Å². The molecule has 0 fully saturated rings. The molecule has 58 heavy (non-hydrogen) atoms. The molecule has 0 saturated heterocycles. The Morgan fingerprint density at radius 2 is 0.569 bits per heavy atom. The Morgan fingerprint density at radius 3 is 0.983 bits per heavy atom. The van der Waals surface area contributed by atoms with E-state index in [1.807, 2.05) is 18.2 Å². The molecule has 0 radical (unpaired) electrons. The molecule has 0 unspecified atom stereocenters. The van der Waals surface area contributed by atoms with Crippen molar-refractivity contribution in [3.63, 3.8) is 0 Å². The zero-order chi connectivity index (χ0) is 38.7. The highest BCUT2D eigenvalue weighted by Gasteiger charge is 2.15. The zero-order valence-corrected chi connectivity index (χ0v) is 31.9. The summed E-state index contributed by atoms with van der Waals surface area (Å²) in [7, 11) is 0. The number of fused-ring (bicyclic) bond motifs is 1. The van der Waals surface area contributed by atoms with Crippen molar-refractivity contribution in [2.45, 2.75) is 0 Å². The number of benzene rings is 9. The highest BCUT2D eigenvalue weighted by Crippen LogP contribution is 2.39. The Bertz CT molecular complexity index is 2800. The molecule has 0 saturated carbocycles. The lowest BCUT2D eigenvalue weighted by Crippen LogP contribution is -2.09. The van der Waals surface area contributed by atoms with Gasteiger partial charge in [-0.2, -0.15) is 0 Å². The van der Waals surface area contributed by atoms with Gasteiger partial charge < -0.3 is 9.32 Å². The maximum atomic E-state index is 6.21. The van der Waals surface area contributed by atoms with Crippen LogP contribution >= 0.6 is 0 Å². The van der Waals surface area contributed by atoms with Crippen molar-refractivity contribution in [3.8, 4) is 67.0 Å². The van der Waals surface area contributed by atoms with Crippen LogP contribution in [0.2, 0.25) is 0 Å². The van der Waals surface area contributed by atoms with Gasteiger partial charge in [0.1, 0.15) is 11.3 Å². The summed E-state index contributed by atoms with van der Waals surface area (Å²) >= 11 is 0. The minimum absolute atomic E-state index is 0.872. The lowest BCUT2D eigenvalue weighted by Gasteiger charge is -2.26. The summed E-state index contributed by atoms with van der Waals surface area (Å²) in [5.74, 6) is 0.872. The van der Waals surface area contributed by atoms with Crippen LogP contribution in [0.5, 0.6) is 0 Å². The van der Waals surface area contributed by atoms with Crippen LogP contribution in [0.4, 0.5) is 17.1 Å². The van der Waals surface area contributed by atoms with E-state index in [1.54, 1.807) is 0 Å². The fourth-order valence-corrected chi connectivity index (χ4v) is 7.85. The SMILES string of the molecule is c1ccc(-c2cccc(-c3ccc(N(c4ccc(-c5cccc(-c6ccccc6)c5)cc4)c4ccc(-c5cccc(-c6cc7ccccc7o6)c5)cc4)cc3)c2)cc1. The first-order valence-corrected chi connectivity index (χ1v) is 19.7. The second-order valence-corrected chi connectivity index (χ2v) is 14.6. The van der Waals surface area contributed by atoms with Crippen molar-refractivity contribution >= 4 is 28.0 Å². The standard InChI is InChI=1S/C56H39NO/c1-3-12-40(13-4-1)45-17-9-19-47(36-45)42-24-30-52(31-25-42)57(53-32-26-43(27-33-53)48-20-10-18-46(37-48)41-14-5-2-6-15-41)54-34-28-44(29-35-54)49-21-11-22-50(38-49)56-39-51-16-7-8-23-55(51)58-56/h1-39H. The number of para-hydroxylation sites is 1. The summed E-state index contributed by atoms with van der Waals surface area (Å²) < 4.78 is 6.21. The Kier molecular flexibility index (Phi) is 9.27. The molecule has 9 aromatic carbocycles. The Balaban J connectivity index is 0.989. The summed E-state index contributed by atoms with van der Waals surface area (Å²) in [5, 5.41) is 1.11. The summed E-state index contributed by atoms with van der Waals surface area (Å²) in [4.78, 5) is 2.34. The fourth-order valence-electron chi connectivity index (χ4n) is 7.85. The predicted molar refractivity (Wildman–Crippen MR) is 244 cm³/mol. The quantitative estimate of drug-likeness (QED) is 0.146. The first-order valence-electron chi connectivity index (χ1n) is 19.7. The third kappa shape index (κ3) is 7.11. The molecular weight excluding hydrogens is 703 g/mol. The molecule has 0 amide bonds. The van der Waals surface area contributed by atoms with E-state index in [2.05, 4.69) is 223 Å². The molecular formula is C56H39NO. The second-order valence-electron chi connectivity index (χ2n) is 14.6. The highest BCUT2D eigenvalue weighted by molar-refractivity contribution is 5.85. The van der Waals surface area contributed by atoms with Crippen LogP contribution in [-0.2, 0) is 0 Å². The Hall–Kier alpha value is -7.68. The monoisotopic (exact) mass is 741 g/mol. The second kappa shape index (κ2) is 15.5. The molecule has 1 aromatic heterocycles. The topological polar surface area (TPSA) is 16.4 Å². The van der Waals surface area contributed by atoms with Crippen molar-refractivity contribution in [3.05, 3.63) is 237 Å². The van der Waals surface area contributed by atoms with Crippen LogP contribution < -0.4 is 4.90 Å². The Labute approximate surface area is 339 Å². The van der Waals surface area contributed by atoms with Gasteiger partial charge >= 0.3 is 0 Å². The number of rotatable bonds is 9. The van der Waals surface area contributed by atoms with E-state index in [0.717, 1.165) is 50.5 Å². The van der Waals surface area contributed by atoms with Gasteiger partial charge in [0.25, 0.3) is 0 Å². The molecule has 0 spiro atoms. The number of furan rings is 1. The van der Waals surface area contributed by atoms with Crippen LogP contribution in [0.25, 0.3) is 77.9 Å². The van der Waals surface area contributed by atoms with Crippen molar-refractivity contribution < 1.29 is 4.42 Å². The molecule has 10 rings (SSSR count). The van der Waals surface area contributed by atoms with Gasteiger partial charge in [0, 0.05) is 28.0 Å². The van der Waals surface area contributed by atoms with Gasteiger partial charge in [-0.3, -0.25) is 0 Å². The van der Waals surface area contributed by atoms with E-state index in [1.165, 1.54) is 44.5 Å². The maximum Gasteiger partial charge on any atom is 0.135 e. The van der Waals surface area contributed by atoms with Crippen LogP contribution in [-0.4, -0.2) is 0 Å². The molecule has 2 nitrogen and oxygen atoms in total. The van der Waals surface area contributed by atoms with E-state index in [9.17, 15) is 0 Å². The van der Waals surface area contributed by atoms with Crippen molar-refractivity contribution in [1.82, 2.24) is 0 Å². The van der Waals surface area contributed by atoms with E-state index in [-0.39, 0.29) is 0 Å². The third-order valence-electron chi connectivity index (χ3n) is 10.9. The number of hydrogen-bond donors (Lipinski definition) is 0. The predicted octanol–water partition coefficient (Wildman–Crippen LogP) is 15.9. The summed E-state index contributed by atoms with van der Waals surface area (Å²) in [6.45, 7) is 0. The van der Waals surface area contributed by atoms with Crippen LogP contribution in [0.3, 0.4) is 0 Å². The Morgan fingerprint density at radius 1 is 0.241 bits per heavy atom. The molecule has 1 heterocycles. The van der Waals surface area contributed by atoms with Crippen LogP contribution in [0.1, 0.15) is 0 Å². The van der Waals surface area contributed by atoms with Crippen molar-refractivity contribution in [2.75, 3.05) is 4.90 Å². The zero-order valence-electron chi connectivity index (χ0n) is 31.9. The number of nitrogens with zero attached hydrogens (tertiary/aromatic N) is 1. The summed E-state index contributed by atoms with van der Waals surface area (Å²) in [6, 6.07) is 84.2. The van der Waals surface area contributed by atoms with Crippen molar-refractivity contribution in [1.29, 1.82) is 0 Å². The van der Waals surface area contributed by atoms with Crippen LogP contribution in [0.15, 0.2) is 241 Å². The third-order valence-corrected chi connectivity index (χ3v) is 10.9. The molecule has 10 aromatic rings. The minimum atomic E-state index is 0.872. The maximum absolute atomic E-state index is 6.21. The van der Waals surface area contributed by atoms with E-state index in [4.69, 9.17) is 4.42 Å². The van der Waals surface area contributed by atoms with Gasteiger partial charge in [0.05, 0.1) is 0 Å². The van der Waals surface area contributed by atoms with E-state index in [0.29, 0.717) is 0 Å². The molecule has 0 aliphatic carbocycles. The van der Waals surface area contributed by atoms with Crippen LogP contribution in [0, 0.1) is 0 Å². The van der Waals surface area contributed by atoms with Gasteiger partial charge in [-0.05, 0) is 122 Å². The molecule has 0 aliphatic rings. The summed E-state index contributed by atoms with van der Waals surface area (Å²) in [5.41, 5.74) is 17.1. The molecule has 0 bridgehead atoms. The van der Waals surface area contributed by atoms with Gasteiger partial charge in [-0.25, -0.2) is 0 Å². The largest absolute Gasteiger partial charge is 0.456 e. The molecule has 0 N–H and O–H groups in total. The average molecular weight is 742 g/mol. The minimum Gasteiger partial charge on any atom is -0.456 e. The van der Waals surface area contributed by atoms with Gasteiger partial charge in [-0.1, -0.05) is 170 Å². The van der Waals surface area contributed by atoms with Gasteiger partial charge in [-0.15, -0.1) is 0 Å². The molecule has 0 aliphatic heterocycles. The first kappa shape index (κ1) is 34.8. The molecule has 0 atom stereocenters. The average Bonchev–Trinajstić information content (AvgIpc) is 3.76. The van der Waals surface area contributed by atoms with Gasteiger partial charge in [0.15, 0.2) is 0 Å². The van der Waals surface area contributed by atoms with Gasteiger partial charge in [0.2, 0.25) is 0 Å². The molecule has 2 heteroatoms. The number of hydrogen-bond acceptors (Lipinski definition) is 2. The lowest BCUT2D eigenvalue weighted by atomic mass is 9.98. The normalized spacial score (nSPS) is 11.1. The molecule has 274 valence electrons. The smallest absolute Gasteiger partial charge is 0.135 e. The summed E-state index contributed by atoms with van der Waals surface area (Å²) in [6.07, 6.45) is 0. The fraction of sp³-hybridized carbons (Fsp3) is 0. The first-order chi connectivity index (χ1) is 28.7. The van der Waals surface area contributed by atoms with E-state index >= 15 is 0 Å². The number of anilines is 3. The van der Waals surface area contributed by atoms with Crippen molar-refractivity contribution in [2.24, 2.45) is 0 Å². The lowest BCUT2D eigenvalue weighted by molar-refractivity contribution is 0.631.